The van der Waals surface area contributed by atoms with Crippen molar-refractivity contribution in [3.63, 3.8) is 0 Å². The van der Waals surface area contributed by atoms with Gasteiger partial charge in [0, 0.05) is 6.61 Å². The van der Waals surface area contributed by atoms with Crippen LogP contribution in [0.1, 0.15) is 136 Å². The van der Waals surface area contributed by atoms with Gasteiger partial charge in [0.25, 0.3) is 0 Å². The Labute approximate surface area is 159 Å². The normalized spacial score (nSPS) is 11.0. The van der Waals surface area contributed by atoms with Crippen molar-refractivity contribution in [1.29, 1.82) is 0 Å². The molecule has 0 aliphatic carbocycles. The monoisotopic (exact) mass is 352 g/mol. The van der Waals surface area contributed by atoms with Crippen molar-refractivity contribution < 1.29 is 5.11 Å². The van der Waals surface area contributed by atoms with E-state index in [1.165, 1.54) is 116 Å². The second-order valence-corrected chi connectivity index (χ2v) is 7.82. The van der Waals surface area contributed by atoms with E-state index in [1.54, 1.807) is 5.57 Å². The Morgan fingerprint density at radius 1 is 0.560 bits per heavy atom. The lowest BCUT2D eigenvalue weighted by atomic mass is 9.98. The van der Waals surface area contributed by atoms with E-state index >= 15 is 0 Å². The molecule has 0 fully saturated rings. The van der Waals surface area contributed by atoms with Crippen molar-refractivity contribution in [3.05, 3.63) is 11.6 Å². The Bertz CT molecular complexity index is 247. The molecule has 0 aromatic heterocycles. The van der Waals surface area contributed by atoms with E-state index in [-0.39, 0.29) is 0 Å². The smallest absolute Gasteiger partial charge is 0.0465 e. The summed E-state index contributed by atoms with van der Waals surface area (Å²) in [4.78, 5) is 0. The minimum atomic E-state index is 0.304. The predicted octanol–water partition coefficient (Wildman–Crippen LogP) is 8.36. The van der Waals surface area contributed by atoms with E-state index in [1.807, 2.05) is 0 Å². The quantitative estimate of drug-likeness (QED) is 0.172. The topological polar surface area (TPSA) is 20.2 Å². The minimum Gasteiger partial charge on any atom is -0.396 e. The van der Waals surface area contributed by atoms with Gasteiger partial charge in [-0.2, -0.15) is 0 Å². The van der Waals surface area contributed by atoms with Crippen LogP contribution in [0, 0.1) is 0 Å². The number of unbranched alkanes of at least 4 members (excludes halogenated alkanes) is 14. The van der Waals surface area contributed by atoms with Crippen LogP contribution in [0.25, 0.3) is 0 Å². The third-order valence-electron chi connectivity index (χ3n) is 5.27. The maximum atomic E-state index is 9.10. The highest BCUT2D eigenvalue weighted by molar-refractivity contribution is 5.01. The molecule has 0 bridgehead atoms. The van der Waals surface area contributed by atoms with Gasteiger partial charge >= 0.3 is 0 Å². The fourth-order valence-corrected chi connectivity index (χ4v) is 3.57. The molecule has 0 unspecified atom stereocenters. The summed E-state index contributed by atoms with van der Waals surface area (Å²) in [6, 6.07) is 0. The van der Waals surface area contributed by atoms with E-state index in [2.05, 4.69) is 19.9 Å². The van der Waals surface area contributed by atoms with Crippen LogP contribution in [0.4, 0.5) is 0 Å². The molecule has 0 aromatic rings. The molecule has 0 amide bonds. The lowest BCUT2D eigenvalue weighted by molar-refractivity contribution is 0.302. The summed E-state index contributed by atoms with van der Waals surface area (Å²) >= 11 is 0. The molecule has 0 aliphatic heterocycles. The molecule has 0 heterocycles. The fraction of sp³-hybridized carbons (Fsp3) is 0.917. The average Bonchev–Trinajstić information content (AvgIpc) is 2.63. The first kappa shape index (κ1) is 24.7. The predicted molar refractivity (Wildman–Crippen MR) is 114 cm³/mol. The summed E-state index contributed by atoms with van der Waals surface area (Å²) in [5, 5.41) is 9.10. The van der Waals surface area contributed by atoms with Gasteiger partial charge in [-0.15, -0.1) is 0 Å². The molecule has 0 aromatic carbocycles. The molecular formula is C24H48O. The highest BCUT2D eigenvalue weighted by Gasteiger charge is 2.00. The standard InChI is InChI=1S/C24H48O/c1-3-5-7-9-11-13-15-17-20-24(22-19-23-25)21-18-16-14-12-10-8-6-4-2/h22,25H,3-21,23H2,1-2H3. The number of rotatable bonds is 20. The third kappa shape index (κ3) is 19.9. The van der Waals surface area contributed by atoms with E-state index in [0.29, 0.717) is 6.61 Å². The number of hydrogen-bond acceptors (Lipinski definition) is 1. The number of aliphatic hydroxyl groups is 1. The Kier molecular flexibility index (Phi) is 21.5. The lowest BCUT2D eigenvalue weighted by Crippen LogP contribution is -1.90. The van der Waals surface area contributed by atoms with Gasteiger partial charge in [-0.25, -0.2) is 0 Å². The average molecular weight is 353 g/mol. The first-order valence-electron chi connectivity index (χ1n) is 11.6. The SMILES string of the molecule is CCCCCCCCCCC(=CCCO)CCCCCCCCCC. The molecule has 0 aliphatic rings. The van der Waals surface area contributed by atoms with Crippen molar-refractivity contribution in [1.82, 2.24) is 0 Å². The molecule has 0 spiro atoms. The van der Waals surface area contributed by atoms with Crippen LogP contribution < -0.4 is 0 Å². The first-order chi connectivity index (χ1) is 12.3. The maximum Gasteiger partial charge on any atom is 0.0465 e. The van der Waals surface area contributed by atoms with Crippen molar-refractivity contribution in [2.24, 2.45) is 0 Å². The largest absolute Gasteiger partial charge is 0.396 e. The summed E-state index contributed by atoms with van der Waals surface area (Å²) in [5.41, 5.74) is 1.62. The molecule has 1 heteroatoms. The molecule has 1 N–H and O–H groups in total. The van der Waals surface area contributed by atoms with Crippen LogP contribution >= 0.6 is 0 Å². The summed E-state index contributed by atoms with van der Waals surface area (Å²) in [5.74, 6) is 0. The van der Waals surface area contributed by atoms with Crippen LogP contribution in [0.2, 0.25) is 0 Å². The zero-order chi connectivity index (χ0) is 18.4. The highest BCUT2D eigenvalue weighted by atomic mass is 16.2. The van der Waals surface area contributed by atoms with Crippen LogP contribution in [0.5, 0.6) is 0 Å². The Morgan fingerprint density at radius 3 is 1.28 bits per heavy atom. The molecule has 25 heavy (non-hydrogen) atoms. The molecule has 0 saturated heterocycles. The van der Waals surface area contributed by atoms with Gasteiger partial charge in [-0.1, -0.05) is 115 Å². The second kappa shape index (κ2) is 21.7. The van der Waals surface area contributed by atoms with Crippen LogP contribution in [0.15, 0.2) is 11.6 Å². The number of allylic oxidation sites excluding steroid dienone is 1. The zero-order valence-electron chi connectivity index (χ0n) is 17.7. The summed E-state index contributed by atoms with van der Waals surface area (Å²) in [7, 11) is 0. The highest BCUT2D eigenvalue weighted by Crippen LogP contribution is 2.19. The van der Waals surface area contributed by atoms with Gasteiger partial charge < -0.3 is 5.11 Å². The van der Waals surface area contributed by atoms with E-state index in [9.17, 15) is 0 Å². The van der Waals surface area contributed by atoms with E-state index < -0.39 is 0 Å². The first-order valence-corrected chi connectivity index (χ1v) is 11.6. The van der Waals surface area contributed by atoms with E-state index in [0.717, 1.165) is 6.42 Å². The van der Waals surface area contributed by atoms with Gasteiger partial charge in [0.15, 0.2) is 0 Å². The Balaban J connectivity index is 3.62. The van der Waals surface area contributed by atoms with Gasteiger partial charge in [0.05, 0.1) is 0 Å². The van der Waals surface area contributed by atoms with Gasteiger partial charge in [0.1, 0.15) is 0 Å². The second-order valence-electron chi connectivity index (χ2n) is 7.82. The third-order valence-corrected chi connectivity index (χ3v) is 5.27. The lowest BCUT2D eigenvalue weighted by Gasteiger charge is -2.08. The minimum absolute atomic E-state index is 0.304. The zero-order valence-corrected chi connectivity index (χ0v) is 17.7. The van der Waals surface area contributed by atoms with E-state index in [4.69, 9.17) is 5.11 Å². The van der Waals surface area contributed by atoms with Crippen molar-refractivity contribution in [2.45, 2.75) is 136 Å². The Morgan fingerprint density at radius 2 is 0.920 bits per heavy atom. The summed E-state index contributed by atoms with van der Waals surface area (Å²) in [6.07, 6.45) is 28.1. The van der Waals surface area contributed by atoms with Crippen LogP contribution in [0.3, 0.4) is 0 Å². The summed E-state index contributed by atoms with van der Waals surface area (Å²) < 4.78 is 0. The van der Waals surface area contributed by atoms with Crippen LogP contribution in [-0.2, 0) is 0 Å². The number of hydrogen-bond donors (Lipinski definition) is 1. The molecule has 1 nitrogen and oxygen atoms in total. The number of aliphatic hydroxyl groups excluding tert-OH is 1. The summed E-state index contributed by atoms with van der Waals surface area (Å²) in [6.45, 7) is 4.87. The molecule has 0 atom stereocenters. The van der Waals surface area contributed by atoms with Crippen LogP contribution in [-0.4, -0.2) is 11.7 Å². The molecule has 0 rings (SSSR count). The fourth-order valence-electron chi connectivity index (χ4n) is 3.57. The molecule has 150 valence electrons. The van der Waals surface area contributed by atoms with Crippen molar-refractivity contribution in [3.8, 4) is 0 Å². The molecule has 0 radical (unpaired) electrons. The van der Waals surface area contributed by atoms with Gasteiger partial charge in [-0.3, -0.25) is 0 Å². The maximum absolute atomic E-state index is 9.10. The molecular weight excluding hydrogens is 304 g/mol. The van der Waals surface area contributed by atoms with Crippen molar-refractivity contribution in [2.75, 3.05) is 6.61 Å². The van der Waals surface area contributed by atoms with Crippen molar-refractivity contribution >= 4 is 0 Å². The Hall–Kier alpha value is -0.300. The van der Waals surface area contributed by atoms with Gasteiger partial charge in [0.2, 0.25) is 0 Å². The molecule has 0 saturated carbocycles. The van der Waals surface area contributed by atoms with Gasteiger partial charge in [-0.05, 0) is 32.1 Å².